The van der Waals surface area contributed by atoms with E-state index < -0.39 is 10.0 Å². The number of aliphatic imine (C=N–C) groups is 1. The predicted molar refractivity (Wildman–Crippen MR) is 121 cm³/mol. The molecule has 0 saturated heterocycles. The number of halogens is 2. The van der Waals surface area contributed by atoms with Gasteiger partial charge < -0.3 is 10.2 Å². The zero-order valence-corrected chi connectivity index (χ0v) is 19.3. The third-order valence-electron chi connectivity index (χ3n) is 3.94. The molecule has 0 saturated carbocycles. The summed E-state index contributed by atoms with van der Waals surface area (Å²) in [6.07, 6.45) is 0. The average Bonchev–Trinajstić information content (AvgIpc) is 2.67. The molecule has 0 amide bonds. The normalized spacial score (nSPS) is 11.6. The van der Waals surface area contributed by atoms with E-state index in [0.717, 1.165) is 11.1 Å². The minimum Gasteiger partial charge on any atom is -0.357 e. The molecule has 0 aliphatic heterocycles. The lowest BCUT2D eigenvalue weighted by atomic mass is 10.2. The Balaban J connectivity index is 0.00000392. The molecule has 0 bridgehead atoms. The Bertz CT molecular complexity index is 872. The summed E-state index contributed by atoms with van der Waals surface area (Å²) in [7, 11) is -0.147. The molecule has 2 rings (SSSR count). The van der Waals surface area contributed by atoms with E-state index in [4.69, 9.17) is 0 Å². The number of hydrogen-bond acceptors (Lipinski definition) is 3. The van der Waals surface area contributed by atoms with E-state index in [1.807, 2.05) is 18.9 Å². The molecule has 2 N–H and O–H groups in total. The summed E-state index contributed by atoms with van der Waals surface area (Å²) in [5, 5.41) is 3.22. The van der Waals surface area contributed by atoms with Gasteiger partial charge in [-0.25, -0.2) is 22.5 Å². The lowest BCUT2D eigenvalue weighted by Crippen LogP contribution is -2.38. The standard InChI is InChI=1S/C19H25FN4O2S.HI/c1-4-22-19(24(3)14-16-5-9-17(20)10-6-16)23-13-15-7-11-18(12-8-15)27(25,26)21-2;/h5-12,21H,4,13-14H2,1-3H3,(H,22,23);1H. The molecule has 0 atom stereocenters. The Hall–Kier alpha value is -1.72. The van der Waals surface area contributed by atoms with Crippen LogP contribution in [0.25, 0.3) is 0 Å². The first kappa shape index (κ1) is 24.3. The second-order valence-electron chi connectivity index (χ2n) is 6.00. The van der Waals surface area contributed by atoms with Gasteiger partial charge in [0.25, 0.3) is 0 Å². The van der Waals surface area contributed by atoms with E-state index in [1.54, 1.807) is 36.4 Å². The lowest BCUT2D eigenvalue weighted by molar-refractivity contribution is 0.476. The first-order valence-corrected chi connectivity index (χ1v) is 10.1. The first-order chi connectivity index (χ1) is 12.9. The monoisotopic (exact) mass is 520 g/mol. The minimum absolute atomic E-state index is 0. The van der Waals surface area contributed by atoms with Crippen molar-refractivity contribution in [1.82, 2.24) is 14.9 Å². The first-order valence-electron chi connectivity index (χ1n) is 8.62. The highest BCUT2D eigenvalue weighted by Gasteiger charge is 2.11. The summed E-state index contributed by atoms with van der Waals surface area (Å²) in [4.78, 5) is 6.78. The van der Waals surface area contributed by atoms with Crippen molar-refractivity contribution in [2.24, 2.45) is 4.99 Å². The highest BCUT2D eigenvalue weighted by Crippen LogP contribution is 2.11. The molecule has 0 heterocycles. The molecular weight excluding hydrogens is 494 g/mol. The van der Waals surface area contributed by atoms with E-state index in [1.165, 1.54) is 19.2 Å². The molecule has 0 radical (unpaired) electrons. The second-order valence-corrected chi connectivity index (χ2v) is 7.89. The van der Waals surface area contributed by atoms with Crippen molar-refractivity contribution >= 4 is 40.0 Å². The largest absolute Gasteiger partial charge is 0.357 e. The molecule has 28 heavy (non-hydrogen) atoms. The van der Waals surface area contributed by atoms with Gasteiger partial charge in [0.2, 0.25) is 10.0 Å². The molecule has 9 heteroatoms. The van der Waals surface area contributed by atoms with Gasteiger partial charge in [-0.05, 0) is 49.4 Å². The summed E-state index contributed by atoms with van der Waals surface area (Å²) in [6, 6.07) is 13.0. The van der Waals surface area contributed by atoms with Crippen LogP contribution < -0.4 is 10.0 Å². The summed E-state index contributed by atoms with van der Waals surface area (Å²) < 4.78 is 38.9. The molecular formula is C19H26FIN4O2S. The third-order valence-corrected chi connectivity index (χ3v) is 5.37. The van der Waals surface area contributed by atoms with Crippen LogP contribution in [-0.4, -0.2) is 39.9 Å². The van der Waals surface area contributed by atoms with Crippen LogP contribution in [0.1, 0.15) is 18.1 Å². The zero-order chi connectivity index (χ0) is 19.9. The fourth-order valence-electron chi connectivity index (χ4n) is 2.47. The van der Waals surface area contributed by atoms with Crippen LogP contribution in [-0.2, 0) is 23.1 Å². The van der Waals surface area contributed by atoms with Crippen LogP contribution in [0.4, 0.5) is 4.39 Å². The van der Waals surface area contributed by atoms with Crippen LogP contribution in [0, 0.1) is 5.82 Å². The second kappa shape index (κ2) is 11.3. The highest BCUT2D eigenvalue weighted by molar-refractivity contribution is 14.0. The maximum Gasteiger partial charge on any atom is 0.240 e. The topological polar surface area (TPSA) is 73.8 Å². The van der Waals surface area contributed by atoms with Crippen LogP contribution in [0.5, 0.6) is 0 Å². The Morgan fingerprint density at radius 3 is 2.18 bits per heavy atom. The van der Waals surface area contributed by atoms with Crippen molar-refractivity contribution in [3.05, 3.63) is 65.5 Å². The van der Waals surface area contributed by atoms with Gasteiger partial charge in [-0.2, -0.15) is 0 Å². The SMILES string of the molecule is CCNC(=NCc1ccc(S(=O)(=O)NC)cc1)N(C)Cc1ccc(F)cc1.I. The fourth-order valence-corrected chi connectivity index (χ4v) is 3.20. The summed E-state index contributed by atoms with van der Waals surface area (Å²) in [6.45, 7) is 3.70. The van der Waals surface area contributed by atoms with Gasteiger partial charge in [-0.3, -0.25) is 0 Å². The maximum absolute atomic E-state index is 13.0. The number of nitrogens with zero attached hydrogens (tertiary/aromatic N) is 2. The third kappa shape index (κ3) is 7.02. The number of sulfonamides is 1. The molecule has 2 aromatic rings. The predicted octanol–water partition coefficient (Wildman–Crippen LogP) is 2.95. The number of guanidine groups is 1. The zero-order valence-electron chi connectivity index (χ0n) is 16.1. The van der Waals surface area contributed by atoms with Crippen molar-refractivity contribution in [2.75, 3.05) is 20.6 Å². The fraction of sp³-hybridized carbons (Fsp3) is 0.316. The molecule has 0 unspecified atom stereocenters. The van der Waals surface area contributed by atoms with E-state index in [9.17, 15) is 12.8 Å². The lowest BCUT2D eigenvalue weighted by Gasteiger charge is -2.22. The Morgan fingerprint density at radius 2 is 1.64 bits per heavy atom. The van der Waals surface area contributed by atoms with Crippen molar-refractivity contribution in [2.45, 2.75) is 24.9 Å². The number of nitrogens with one attached hydrogen (secondary N) is 2. The quantitative estimate of drug-likeness (QED) is 0.335. The minimum atomic E-state index is -3.44. The molecule has 0 spiro atoms. The van der Waals surface area contributed by atoms with E-state index in [-0.39, 0.29) is 34.7 Å². The van der Waals surface area contributed by atoms with Gasteiger partial charge in [0.05, 0.1) is 11.4 Å². The van der Waals surface area contributed by atoms with Crippen molar-refractivity contribution < 1.29 is 12.8 Å². The van der Waals surface area contributed by atoms with Crippen molar-refractivity contribution in [3.63, 3.8) is 0 Å². The van der Waals surface area contributed by atoms with Gasteiger partial charge in [-0.15, -0.1) is 24.0 Å². The summed E-state index contributed by atoms with van der Waals surface area (Å²) >= 11 is 0. The van der Waals surface area contributed by atoms with E-state index in [2.05, 4.69) is 15.0 Å². The Morgan fingerprint density at radius 1 is 1.07 bits per heavy atom. The Labute approximate surface area is 183 Å². The number of benzene rings is 2. The van der Waals surface area contributed by atoms with Crippen LogP contribution in [0.15, 0.2) is 58.4 Å². The number of rotatable bonds is 7. The van der Waals surface area contributed by atoms with E-state index in [0.29, 0.717) is 25.6 Å². The Kier molecular flexibility index (Phi) is 9.83. The molecule has 154 valence electrons. The van der Waals surface area contributed by atoms with Crippen LogP contribution >= 0.6 is 24.0 Å². The molecule has 0 aliphatic rings. The molecule has 0 aromatic heterocycles. The average molecular weight is 520 g/mol. The van der Waals surface area contributed by atoms with Gasteiger partial charge in [0.1, 0.15) is 5.82 Å². The van der Waals surface area contributed by atoms with Gasteiger partial charge >= 0.3 is 0 Å². The maximum atomic E-state index is 13.0. The number of hydrogen-bond donors (Lipinski definition) is 2. The van der Waals surface area contributed by atoms with E-state index >= 15 is 0 Å². The smallest absolute Gasteiger partial charge is 0.240 e. The molecule has 0 fully saturated rings. The summed E-state index contributed by atoms with van der Waals surface area (Å²) in [5.74, 6) is 0.458. The highest BCUT2D eigenvalue weighted by atomic mass is 127. The molecule has 2 aromatic carbocycles. The van der Waals surface area contributed by atoms with Gasteiger partial charge in [0, 0.05) is 20.1 Å². The molecule has 0 aliphatic carbocycles. The van der Waals surface area contributed by atoms with Gasteiger partial charge in [-0.1, -0.05) is 24.3 Å². The van der Waals surface area contributed by atoms with Crippen LogP contribution in [0.2, 0.25) is 0 Å². The van der Waals surface area contributed by atoms with Gasteiger partial charge in [0.15, 0.2) is 5.96 Å². The van der Waals surface area contributed by atoms with Crippen molar-refractivity contribution in [1.29, 1.82) is 0 Å². The molecule has 6 nitrogen and oxygen atoms in total. The summed E-state index contributed by atoms with van der Waals surface area (Å²) in [5.41, 5.74) is 1.88. The van der Waals surface area contributed by atoms with Crippen molar-refractivity contribution in [3.8, 4) is 0 Å². The van der Waals surface area contributed by atoms with Crippen LogP contribution in [0.3, 0.4) is 0 Å².